The number of aliphatic hydroxyl groups is 1. The maximum atomic E-state index is 12.0. The summed E-state index contributed by atoms with van der Waals surface area (Å²) in [6.45, 7) is 1.96. The summed E-state index contributed by atoms with van der Waals surface area (Å²) in [5, 5.41) is 19.8. The maximum absolute atomic E-state index is 12.0. The molecule has 0 amide bonds. The van der Waals surface area contributed by atoms with E-state index in [0.29, 0.717) is 37.7 Å². The molecule has 0 saturated heterocycles. The van der Waals surface area contributed by atoms with Gasteiger partial charge < -0.3 is 14.9 Å². The van der Waals surface area contributed by atoms with E-state index in [1.54, 1.807) is 6.07 Å². The third kappa shape index (κ3) is 2.99. The smallest absolute Gasteiger partial charge is 0.336 e. The summed E-state index contributed by atoms with van der Waals surface area (Å²) < 4.78 is 6.23. The zero-order chi connectivity index (χ0) is 18.4. The minimum absolute atomic E-state index is 0.0813. The number of carbonyl (C=O) groups is 2. The van der Waals surface area contributed by atoms with E-state index in [-0.39, 0.29) is 23.9 Å². The van der Waals surface area contributed by atoms with Crippen LogP contribution in [0.3, 0.4) is 0 Å². The van der Waals surface area contributed by atoms with Gasteiger partial charge in [-0.05, 0) is 49.0 Å². The summed E-state index contributed by atoms with van der Waals surface area (Å²) in [4.78, 5) is 23.8. The Hall–Kier alpha value is -1.98. The van der Waals surface area contributed by atoms with Gasteiger partial charge in [0.1, 0.15) is 5.78 Å². The molecule has 0 aromatic heterocycles. The maximum Gasteiger partial charge on any atom is 0.336 e. The first-order valence-corrected chi connectivity index (χ1v) is 9.36. The number of hydrogen-bond acceptors (Lipinski definition) is 4. The molecule has 0 spiro atoms. The fourth-order valence-electron chi connectivity index (χ4n) is 4.78. The number of aromatic carboxylic acids is 1. The zero-order valence-electron chi connectivity index (χ0n) is 14.9. The summed E-state index contributed by atoms with van der Waals surface area (Å²) in [7, 11) is 0. The van der Waals surface area contributed by atoms with E-state index in [0.717, 1.165) is 28.7 Å². The molecule has 0 radical (unpaired) electrons. The number of aliphatic hydroxyl groups excluding tert-OH is 1. The molecule has 3 aliphatic rings. The van der Waals surface area contributed by atoms with Crippen molar-refractivity contribution < 1.29 is 24.5 Å². The first-order valence-electron chi connectivity index (χ1n) is 9.36. The predicted octanol–water partition coefficient (Wildman–Crippen LogP) is 3.13. The molecular formula is C21H24O5. The Morgan fingerprint density at radius 2 is 2.04 bits per heavy atom. The monoisotopic (exact) mass is 356 g/mol. The Morgan fingerprint density at radius 1 is 1.23 bits per heavy atom. The van der Waals surface area contributed by atoms with Crippen LogP contribution in [0.4, 0.5) is 0 Å². The molecule has 2 aliphatic carbocycles. The average molecular weight is 356 g/mol. The first kappa shape index (κ1) is 17.4. The zero-order valence-corrected chi connectivity index (χ0v) is 14.9. The van der Waals surface area contributed by atoms with E-state index in [1.807, 2.05) is 19.1 Å². The molecule has 5 nitrogen and oxygen atoms in total. The van der Waals surface area contributed by atoms with E-state index in [1.165, 1.54) is 0 Å². The van der Waals surface area contributed by atoms with E-state index in [4.69, 9.17) is 4.74 Å². The lowest BCUT2D eigenvalue weighted by molar-refractivity contribution is -0.127. The van der Waals surface area contributed by atoms with Gasteiger partial charge in [-0.1, -0.05) is 17.7 Å². The normalized spacial score (nSPS) is 31.4. The number of hydrogen-bond donors (Lipinski definition) is 2. The van der Waals surface area contributed by atoms with Gasteiger partial charge in [-0.25, -0.2) is 4.79 Å². The second-order valence-corrected chi connectivity index (χ2v) is 7.77. The standard InChI is InChI=1S/C21H24O5/c1-11-2-5-14(21(24)25)17(8-11)20-15-6-3-12(22)9-18(15)26-19-10-13(23)4-7-16(19)20/h2,5,8,12,15,18-19,22H,3-4,6-7,9-10H2,1H3,(H,24,25). The Kier molecular flexibility index (Phi) is 4.45. The van der Waals surface area contributed by atoms with Gasteiger partial charge in [0.25, 0.3) is 0 Å². The molecule has 5 heteroatoms. The number of carboxylic acid groups (broad SMARTS) is 1. The second-order valence-electron chi connectivity index (χ2n) is 7.77. The lowest BCUT2D eigenvalue weighted by Crippen LogP contribution is -2.44. The molecule has 1 aromatic rings. The lowest BCUT2D eigenvalue weighted by Gasteiger charge is -2.45. The van der Waals surface area contributed by atoms with Gasteiger partial charge in [0.05, 0.1) is 23.9 Å². The van der Waals surface area contributed by atoms with Crippen LogP contribution in [0.2, 0.25) is 0 Å². The number of rotatable bonds is 2. The predicted molar refractivity (Wildman–Crippen MR) is 95.9 cm³/mol. The molecule has 4 atom stereocenters. The van der Waals surface area contributed by atoms with Gasteiger partial charge in [-0.15, -0.1) is 0 Å². The topological polar surface area (TPSA) is 83.8 Å². The van der Waals surface area contributed by atoms with Crippen molar-refractivity contribution in [3.63, 3.8) is 0 Å². The van der Waals surface area contributed by atoms with E-state index < -0.39 is 12.1 Å². The van der Waals surface area contributed by atoms with Crippen LogP contribution in [0.5, 0.6) is 0 Å². The average Bonchev–Trinajstić information content (AvgIpc) is 2.59. The van der Waals surface area contributed by atoms with E-state index >= 15 is 0 Å². The summed E-state index contributed by atoms with van der Waals surface area (Å²) in [5.74, 6) is -0.663. The molecule has 4 rings (SSSR count). The first-order chi connectivity index (χ1) is 12.4. The highest BCUT2D eigenvalue weighted by Gasteiger charge is 2.43. The van der Waals surface area contributed by atoms with Crippen molar-refractivity contribution in [1.29, 1.82) is 0 Å². The number of fused-ring (bicyclic) bond motifs is 2. The highest BCUT2D eigenvalue weighted by molar-refractivity contribution is 5.96. The number of aryl methyl sites for hydroxylation is 1. The highest BCUT2D eigenvalue weighted by atomic mass is 16.5. The molecule has 138 valence electrons. The second kappa shape index (κ2) is 6.63. The largest absolute Gasteiger partial charge is 0.478 e. The molecule has 2 N–H and O–H groups in total. The van der Waals surface area contributed by atoms with Gasteiger partial charge in [-0.3, -0.25) is 4.79 Å². The molecule has 0 bridgehead atoms. The third-order valence-corrected chi connectivity index (χ3v) is 5.99. The molecular weight excluding hydrogens is 332 g/mol. The summed E-state index contributed by atoms with van der Waals surface area (Å²) in [5.41, 5.74) is 4.24. The summed E-state index contributed by atoms with van der Waals surface area (Å²) in [6.07, 6.45) is 2.67. The van der Waals surface area contributed by atoms with Crippen LogP contribution >= 0.6 is 0 Å². The number of Topliss-reactive ketones (excluding diaryl/α,β-unsaturated/α-hetero) is 1. The molecule has 1 aromatic carbocycles. The number of carbonyl (C=O) groups excluding carboxylic acids is 1. The lowest BCUT2D eigenvalue weighted by atomic mass is 9.70. The van der Waals surface area contributed by atoms with E-state index in [9.17, 15) is 19.8 Å². The van der Waals surface area contributed by atoms with Crippen LogP contribution in [0.1, 0.15) is 60.0 Å². The summed E-state index contributed by atoms with van der Waals surface area (Å²) >= 11 is 0. The van der Waals surface area contributed by atoms with Crippen LogP contribution in [0.15, 0.2) is 23.8 Å². The van der Waals surface area contributed by atoms with Gasteiger partial charge in [0.15, 0.2) is 0 Å². The Morgan fingerprint density at radius 3 is 2.81 bits per heavy atom. The Bertz CT molecular complexity index is 794. The number of carboxylic acids is 1. The number of ether oxygens (including phenoxy) is 1. The minimum Gasteiger partial charge on any atom is -0.478 e. The van der Waals surface area contributed by atoms with Crippen molar-refractivity contribution in [2.75, 3.05) is 0 Å². The SMILES string of the molecule is Cc1ccc(C(=O)O)c(C2=C3CCC(=O)CC3OC3CC(O)CCC23)c1. The van der Waals surface area contributed by atoms with Crippen molar-refractivity contribution >= 4 is 17.3 Å². The van der Waals surface area contributed by atoms with Crippen molar-refractivity contribution in [3.8, 4) is 0 Å². The minimum atomic E-state index is -0.935. The third-order valence-electron chi connectivity index (χ3n) is 5.99. The quantitative estimate of drug-likeness (QED) is 0.850. The number of benzene rings is 1. The van der Waals surface area contributed by atoms with Gasteiger partial charge in [0.2, 0.25) is 0 Å². The molecule has 1 aliphatic heterocycles. The fourth-order valence-corrected chi connectivity index (χ4v) is 4.78. The van der Waals surface area contributed by atoms with Crippen LogP contribution in [0.25, 0.3) is 5.57 Å². The molecule has 2 saturated carbocycles. The highest BCUT2D eigenvalue weighted by Crippen LogP contribution is 2.48. The van der Waals surface area contributed by atoms with Gasteiger partial charge >= 0.3 is 5.97 Å². The van der Waals surface area contributed by atoms with Crippen molar-refractivity contribution in [2.45, 2.75) is 63.8 Å². The van der Waals surface area contributed by atoms with Crippen molar-refractivity contribution in [3.05, 3.63) is 40.5 Å². The molecule has 1 heterocycles. The molecule has 4 unspecified atom stereocenters. The van der Waals surface area contributed by atoms with Crippen molar-refractivity contribution in [2.24, 2.45) is 5.92 Å². The van der Waals surface area contributed by atoms with Crippen LogP contribution in [-0.2, 0) is 9.53 Å². The van der Waals surface area contributed by atoms with Gasteiger partial charge in [0, 0.05) is 25.2 Å². The number of ketones is 1. The fraction of sp³-hybridized carbons (Fsp3) is 0.524. The van der Waals surface area contributed by atoms with Crippen LogP contribution < -0.4 is 0 Å². The Balaban J connectivity index is 1.89. The summed E-state index contributed by atoms with van der Waals surface area (Å²) in [6, 6.07) is 5.44. The van der Waals surface area contributed by atoms with Gasteiger partial charge in [-0.2, -0.15) is 0 Å². The van der Waals surface area contributed by atoms with Crippen LogP contribution in [-0.4, -0.2) is 40.3 Å². The Labute approximate surface area is 152 Å². The molecule has 2 fully saturated rings. The van der Waals surface area contributed by atoms with Crippen molar-refractivity contribution in [1.82, 2.24) is 0 Å². The molecule has 26 heavy (non-hydrogen) atoms. The van der Waals surface area contributed by atoms with E-state index in [2.05, 4.69) is 0 Å². The van der Waals surface area contributed by atoms with Crippen LogP contribution in [0, 0.1) is 12.8 Å².